The van der Waals surface area contributed by atoms with Crippen molar-refractivity contribution in [3.8, 4) is 11.7 Å². The number of nitrogens with zero attached hydrogens (tertiary/aromatic N) is 3. The van der Waals surface area contributed by atoms with Crippen LogP contribution in [-0.4, -0.2) is 41.4 Å². The predicted octanol–water partition coefficient (Wildman–Crippen LogP) is 4.45. The van der Waals surface area contributed by atoms with E-state index >= 15 is 0 Å². The summed E-state index contributed by atoms with van der Waals surface area (Å²) in [5.74, 6) is 1.61. The summed E-state index contributed by atoms with van der Waals surface area (Å²) in [6.07, 6.45) is 2.44. The zero-order chi connectivity index (χ0) is 20.2. The van der Waals surface area contributed by atoms with Crippen LogP contribution in [0.25, 0.3) is 5.82 Å². The van der Waals surface area contributed by atoms with E-state index in [1.165, 1.54) is 0 Å². The summed E-state index contributed by atoms with van der Waals surface area (Å²) >= 11 is 5.95. The zero-order valence-electron chi connectivity index (χ0n) is 16.8. The number of halogens is 1. The molecule has 27 heavy (non-hydrogen) atoms. The molecule has 6 nitrogen and oxygen atoms in total. The van der Waals surface area contributed by atoms with Crippen LogP contribution in [0.5, 0.6) is 5.88 Å². The molecule has 2 heterocycles. The van der Waals surface area contributed by atoms with Gasteiger partial charge in [-0.2, -0.15) is 0 Å². The van der Waals surface area contributed by atoms with Crippen LogP contribution >= 0.6 is 11.6 Å². The molecule has 0 unspecified atom stereocenters. The molecule has 0 bridgehead atoms. The number of hydrogen-bond acceptors (Lipinski definition) is 5. The van der Waals surface area contributed by atoms with E-state index < -0.39 is 0 Å². The van der Waals surface area contributed by atoms with E-state index in [4.69, 9.17) is 16.3 Å². The molecule has 1 aliphatic rings. The number of carbonyl (C=O) groups excluding carboxylic acids is 1. The monoisotopic (exact) mass is 393 g/mol. The highest BCUT2D eigenvalue weighted by molar-refractivity contribution is 6.31. The van der Waals surface area contributed by atoms with E-state index in [1.807, 2.05) is 6.92 Å². The van der Waals surface area contributed by atoms with E-state index in [0.717, 1.165) is 6.61 Å². The number of ether oxygens (including phenoxy) is 2. The summed E-state index contributed by atoms with van der Waals surface area (Å²) in [5, 5.41) is 4.52. The van der Waals surface area contributed by atoms with Crippen molar-refractivity contribution in [1.29, 1.82) is 0 Å². The molecule has 0 N–H and O–H groups in total. The summed E-state index contributed by atoms with van der Waals surface area (Å²) < 4.78 is 12.0. The van der Waals surface area contributed by atoms with Gasteiger partial charge < -0.3 is 9.47 Å². The van der Waals surface area contributed by atoms with Gasteiger partial charge in [-0.1, -0.05) is 39.3 Å². The molecule has 0 spiro atoms. The third kappa shape index (κ3) is 4.50. The maximum Gasteiger partial charge on any atom is 0.233 e. The minimum atomic E-state index is 0.164. The lowest BCUT2D eigenvalue weighted by molar-refractivity contribution is 0.112. The number of aromatic nitrogens is 3. The van der Waals surface area contributed by atoms with E-state index in [0.29, 0.717) is 36.1 Å². The van der Waals surface area contributed by atoms with Crippen molar-refractivity contribution in [3.63, 3.8) is 0 Å². The van der Waals surface area contributed by atoms with Crippen molar-refractivity contribution in [2.75, 3.05) is 20.3 Å². The van der Waals surface area contributed by atoms with Gasteiger partial charge in [0, 0.05) is 31.9 Å². The second kappa shape index (κ2) is 8.40. The third-order valence-corrected chi connectivity index (χ3v) is 6.10. The predicted molar refractivity (Wildman–Crippen MR) is 106 cm³/mol. The average molecular weight is 394 g/mol. The first-order valence-corrected chi connectivity index (χ1v) is 9.36. The van der Waals surface area contributed by atoms with Crippen LogP contribution in [0.2, 0.25) is 5.15 Å². The molecular formula is C20H28ClN3O3. The van der Waals surface area contributed by atoms with E-state index in [-0.39, 0.29) is 16.0 Å². The number of methoxy groups -OCH3 is 1. The van der Waals surface area contributed by atoms with Crippen LogP contribution in [0.15, 0.2) is 24.4 Å². The molecule has 0 aliphatic heterocycles. The van der Waals surface area contributed by atoms with Gasteiger partial charge in [0.15, 0.2) is 12.1 Å². The van der Waals surface area contributed by atoms with Crippen LogP contribution in [0, 0.1) is 16.7 Å². The minimum Gasteiger partial charge on any atom is -0.476 e. The highest BCUT2D eigenvalue weighted by atomic mass is 35.5. The van der Waals surface area contributed by atoms with E-state index in [2.05, 4.69) is 42.5 Å². The Bertz CT molecular complexity index is 771. The molecule has 148 valence electrons. The Kier molecular flexibility index (Phi) is 6.65. The zero-order valence-corrected chi connectivity index (χ0v) is 17.6. The van der Waals surface area contributed by atoms with Crippen LogP contribution in [-0.2, 0) is 4.74 Å². The molecule has 1 aliphatic carbocycles. The van der Waals surface area contributed by atoms with E-state index in [9.17, 15) is 4.79 Å². The van der Waals surface area contributed by atoms with Crippen molar-refractivity contribution < 1.29 is 14.3 Å². The maximum atomic E-state index is 10.8. The van der Waals surface area contributed by atoms with Gasteiger partial charge in [-0.05, 0) is 29.9 Å². The summed E-state index contributed by atoms with van der Waals surface area (Å²) in [7, 11) is 1.68. The summed E-state index contributed by atoms with van der Waals surface area (Å²) in [4.78, 5) is 14.9. The molecule has 2 aromatic rings. The Morgan fingerprint density at radius 2 is 1.85 bits per heavy atom. The molecule has 3 rings (SSSR count). The molecule has 1 saturated carbocycles. The van der Waals surface area contributed by atoms with Crippen LogP contribution < -0.4 is 4.74 Å². The second-order valence-electron chi connectivity index (χ2n) is 7.65. The highest BCUT2D eigenvalue weighted by Gasteiger charge is 2.64. The number of carbonyl (C=O) groups is 1. The Labute approximate surface area is 165 Å². The normalized spacial score (nSPS) is 17.0. The Morgan fingerprint density at radius 3 is 2.33 bits per heavy atom. The first kappa shape index (κ1) is 21.4. The molecule has 1 fully saturated rings. The largest absolute Gasteiger partial charge is 0.476 e. The quantitative estimate of drug-likeness (QED) is 0.536. The van der Waals surface area contributed by atoms with E-state index in [1.54, 1.807) is 36.2 Å². The Balaban J connectivity index is 0.000000596. The minimum absolute atomic E-state index is 0.164. The molecular weight excluding hydrogens is 366 g/mol. The number of pyridine rings is 1. The van der Waals surface area contributed by atoms with Crippen molar-refractivity contribution >= 4 is 17.9 Å². The lowest BCUT2D eigenvalue weighted by Crippen LogP contribution is -2.06. The summed E-state index contributed by atoms with van der Waals surface area (Å²) in [6, 6.07) is 5.11. The van der Waals surface area contributed by atoms with Crippen molar-refractivity contribution in [2.24, 2.45) is 16.7 Å². The van der Waals surface area contributed by atoms with Gasteiger partial charge in [0.05, 0.1) is 12.2 Å². The van der Waals surface area contributed by atoms with Crippen LogP contribution in [0.1, 0.15) is 45.0 Å². The van der Waals surface area contributed by atoms with Crippen molar-refractivity contribution in [1.82, 2.24) is 14.8 Å². The SMILES string of the molecule is CC1(C)C(COc2ccn(-c3ccc(C=O)c(Cl)n3)n2)C1(C)C.CCOC. The van der Waals surface area contributed by atoms with Gasteiger partial charge in [-0.3, -0.25) is 4.79 Å². The van der Waals surface area contributed by atoms with Gasteiger partial charge in [0.2, 0.25) is 5.88 Å². The number of aldehydes is 1. The lowest BCUT2D eigenvalue weighted by atomic mass is 10.0. The molecule has 0 atom stereocenters. The van der Waals surface area contributed by atoms with Crippen molar-refractivity contribution in [2.45, 2.75) is 34.6 Å². The number of rotatable bonds is 6. The summed E-state index contributed by atoms with van der Waals surface area (Å²) in [6.45, 7) is 12.5. The fraction of sp³-hybridized carbons (Fsp3) is 0.550. The smallest absolute Gasteiger partial charge is 0.233 e. The summed E-state index contributed by atoms with van der Waals surface area (Å²) in [5.41, 5.74) is 0.933. The topological polar surface area (TPSA) is 66.2 Å². The van der Waals surface area contributed by atoms with Gasteiger partial charge in [0.1, 0.15) is 5.15 Å². The van der Waals surface area contributed by atoms with Gasteiger partial charge in [-0.15, -0.1) is 5.10 Å². The Hall–Kier alpha value is -1.92. The fourth-order valence-electron chi connectivity index (χ4n) is 3.08. The Morgan fingerprint density at radius 1 is 1.22 bits per heavy atom. The molecule has 7 heteroatoms. The van der Waals surface area contributed by atoms with Gasteiger partial charge in [0.25, 0.3) is 0 Å². The first-order valence-electron chi connectivity index (χ1n) is 8.98. The van der Waals surface area contributed by atoms with Gasteiger partial charge >= 0.3 is 0 Å². The fourth-order valence-corrected chi connectivity index (χ4v) is 3.28. The second-order valence-corrected chi connectivity index (χ2v) is 8.01. The molecule has 0 saturated heterocycles. The highest BCUT2D eigenvalue weighted by Crippen LogP contribution is 2.68. The number of hydrogen-bond donors (Lipinski definition) is 0. The average Bonchev–Trinajstić information content (AvgIpc) is 2.98. The first-order chi connectivity index (χ1) is 12.7. The third-order valence-electron chi connectivity index (χ3n) is 5.80. The molecule has 0 radical (unpaired) electrons. The van der Waals surface area contributed by atoms with Crippen LogP contribution in [0.3, 0.4) is 0 Å². The van der Waals surface area contributed by atoms with Gasteiger partial charge in [-0.25, -0.2) is 9.67 Å². The lowest BCUT2D eigenvalue weighted by Gasteiger charge is -2.05. The molecule has 0 aromatic carbocycles. The van der Waals surface area contributed by atoms with Crippen LogP contribution in [0.4, 0.5) is 0 Å². The standard InChI is InChI=1S/C17H20ClN3O2.C3H8O/c1-16(2)12(17(16,3)4)10-23-14-7-8-21(20-14)13-6-5-11(9-22)15(18)19-13;1-3-4-2/h5-9,12H,10H2,1-4H3;3H2,1-2H3. The molecule has 2 aromatic heterocycles. The van der Waals surface area contributed by atoms with Crippen molar-refractivity contribution in [3.05, 3.63) is 35.1 Å². The maximum absolute atomic E-state index is 10.8. The molecule has 0 amide bonds.